The van der Waals surface area contributed by atoms with Crippen molar-refractivity contribution in [2.45, 2.75) is 39.2 Å². The Bertz CT molecular complexity index is 507. The number of benzene rings is 1. The highest BCUT2D eigenvalue weighted by Crippen LogP contribution is 2.26. The second-order valence-corrected chi connectivity index (χ2v) is 5.44. The van der Waals surface area contributed by atoms with Gasteiger partial charge in [-0.25, -0.2) is 9.18 Å². The molecule has 0 amide bonds. The van der Waals surface area contributed by atoms with E-state index >= 15 is 0 Å². The summed E-state index contributed by atoms with van der Waals surface area (Å²) in [6, 6.07) is 4.29. The molecule has 0 spiro atoms. The predicted octanol–water partition coefficient (Wildman–Crippen LogP) is 3.83. The summed E-state index contributed by atoms with van der Waals surface area (Å²) in [5, 5.41) is 3.17. The fraction of sp³-hybridized carbons (Fsp3) is 0.471. The number of anilines is 1. The van der Waals surface area contributed by atoms with Gasteiger partial charge in [0.1, 0.15) is 11.9 Å². The number of halogens is 1. The number of carbonyl (C=O) groups excluding carboxylic acids is 1. The summed E-state index contributed by atoms with van der Waals surface area (Å²) in [5.41, 5.74) is 1.45. The molecule has 0 saturated carbocycles. The van der Waals surface area contributed by atoms with Crippen LogP contribution in [-0.4, -0.2) is 18.6 Å². The zero-order chi connectivity index (χ0) is 15.2. The molecule has 0 aliphatic heterocycles. The van der Waals surface area contributed by atoms with Gasteiger partial charge in [-0.3, -0.25) is 0 Å². The fourth-order valence-corrected chi connectivity index (χ4v) is 2.72. The maximum atomic E-state index is 13.5. The standard InChI is InChI=1S/C17H22FNO2/c1-3-21-17(20)16(13-7-5-4-6-8-13)19-15-10-12(2)9-14(18)11-15/h4-5,9-11,13,16,19H,3,6-8H2,1-2H3. The molecule has 1 aromatic carbocycles. The number of esters is 1. The molecule has 1 N–H and O–H groups in total. The number of hydrogen-bond donors (Lipinski definition) is 1. The van der Waals surface area contributed by atoms with E-state index in [1.165, 1.54) is 12.1 Å². The molecule has 3 nitrogen and oxygen atoms in total. The van der Waals surface area contributed by atoms with Crippen LogP contribution in [0.1, 0.15) is 31.7 Å². The van der Waals surface area contributed by atoms with Crippen LogP contribution in [0.3, 0.4) is 0 Å². The minimum atomic E-state index is -0.434. The smallest absolute Gasteiger partial charge is 0.328 e. The summed E-state index contributed by atoms with van der Waals surface area (Å²) in [7, 11) is 0. The first-order valence-electron chi connectivity index (χ1n) is 7.45. The van der Waals surface area contributed by atoms with Crippen molar-refractivity contribution in [3.05, 3.63) is 41.7 Å². The maximum absolute atomic E-state index is 13.5. The molecule has 2 unspecified atom stereocenters. The van der Waals surface area contributed by atoms with Gasteiger partial charge in [0, 0.05) is 5.69 Å². The summed E-state index contributed by atoms with van der Waals surface area (Å²) in [6.45, 7) is 3.97. The first-order chi connectivity index (χ1) is 10.1. The zero-order valence-electron chi connectivity index (χ0n) is 12.6. The number of carbonyl (C=O) groups is 1. The van der Waals surface area contributed by atoms with Crippen molar-refractivity contribution < 1.29 is 13.9 Å². The third kappa shape index (κ3) is 4.31. The number of ether oxygens (including phenoxy) is 1. The van der Waals surface area contributed by atoms with Gasteiger partial charge in [0.15, 0.2) is 0 Å². The Hall–Kier alpha value is -1.84. The van der Waals surface area contributed by atoms with E-state index in [4.69, 9.17) is 4.74 Å². The van der Waals surface area contributed by atoms with Gasteiger partial charge in [-0.1, -0.05) is 12.2 Å². The lowest BCUT2D eigenvalue weighted by Gasteiger charge is -2.28. The van der Waals surface area contributed by atoms with E-state index in [2.05, 4.69) is 17.5 Å². The Labute approximate surface area is 125 Å². The Kier molecular flexibility index (Phi) is 5.37. The fourth-order valence-electron chi connectivity index (χ4n) is 2.72. The molecule has 114 valence electrons. The first kappa shape index (κ1) is 15.5. The quantitative estimate of drug-likeness (QED) is 0.662. The Morgan fingerprint density at radius 1 is 1.43 bits per heavy atom. The van der Waals surface area contributed by atoms with Gasteiger partial charge in [0.05, 0.1) is 6.61 Å². The van der Waals surface area contributed by atoms with Crippen molar-refractivity contribution in [3.8, 4) is 0 Å². The lowest BCUT2D eigenvalue weighted by molar-refractivity contribution is -0.145. The average molecular weight is 291 g/mol. The normalized spacial score (nSPS) is 19.1. The molecule has 2 rings (SSSR count). The molecule has 0 heterocycles. The van der Waals surface area contributed by atoms with Crippen LogP contribution >= 0.6 is 0 Å². The van der Waals surface area contributed by atoms with Gasteiger partial charge in [-0.2, -0.15) is 0 Å². The SMILES string of the molecule is CCOC(=O)C(Nc1cc(C)cc(F)c1)C1CC=CCC1. The van der Waals surface area contributed by atoms with Gasteiger partial charge in [0.2, 0.25) is 0 Å². The highest BCUT2D eigenvalue weighted by atomic mass is 19.1. The summed E-state index contributed by atoms with van der Waals surface area (Å²) in [4.78, 5) is 12.2. The highest BCUT2D eigenvalue weighted by Gasteiger charge is 2.29. The van der Waals surface area contributed by atoms with Crippen molar-refractivity contribution in [2.24, 2.45) is 5.92 Å². The topological polar surface area (TPSA) is 38.3 Å². The van der Waals surface area contributed by atoms with E-state index in [0.29, 0.717) is 12.3 Å². The Morgan fingerprint density at radius 3 is 2.86 bits per heavy atom. The van der Waals surface area contributed by atoms with Crippen LogP contribution in [0.2, 0.25) is 0 Å². The van der Waals surface area contributed by atoms with E-state index in [0.717, 1.165) is 24.8 Å². The molecular weight excluding hydrogens is 269 g/mol. The lowest BCUT2D eigenvalue weighted by Crippen LogP contribution is -2.39. The van der Waals surface area contributed by atoms with Gasteiger partial charge in [-0.05, 0) is 62.8 Å². The summed E-state index contributed by atoms with van der Waals surface area (Å²) in [5.74, 6) is -0.388. The Balaban J connectivity index is 2.18. The summed E-state index contributed by atoms with van der Waals surface area (Å²) in [6.07, 6.45) is 6.96. The van der Waals surface area contributed by atoms with Crippen LogP contribution in [0.5, 0.6) is 0 Å². The van der Waals surface area contributed by atoms with Crippen molar-refractivity contribution >= 4 is 11.7 Å². The second-order valence-electron chi connectivity index (χ2n) is 5.44. The molecule has 0 bridgehead atoms. The van der Waals surface area contributed by atoms with E-state index in [1.54, 1.807) is 6.92 Å². The molecule has 1 aliphatic rings. The van der Waals surface area contributed by atoms with Crippen LogP contribution in [0.25, 0.3) is 0 Å². The first-order valence-corrected chi connectivity index (χ1v) is 7.45. The number of aryl methyl sites for hydroxylation is 1. The second kappa shape index (κ2) is 7.25. The van der Waals surface area contributed by atoms with Crippen LogP contribution in [-0.2, 0) is 9.53 Å². The Morgan fingerprint density at radius 2 is 2.24 bits per heavy atom. The number of hydrogen-bond acceptors (Lipinski definition) is 3. The molecule has 1 aromatic rings. The number of nitrogens with one attached hydrogen (secondary N) is 1. The monoisotopic (exact) mass is 291 g/mol. The third-order valence-electron chi connectivity index (χ3n) is 3.69. The average Bonchev–Trinajstić information content (AvgIpc) is 2.45. The molecule has 2 atom stereocenters. The van der Waals surface area contributed by atoms with Crippen LogP contribution in [0, 0.1) is 18.7 Å². The molecule has 4 heteroatoms. The summed E-state index contributed by atoms with van der Waals surface area (Å²) >= 11 is 0. The van der Waals surface area contributed by atoms with Crippen molar-refractivity contribution in [3.63, 3.8) is 0 Å². The van der Waals surface area contributed by atoms with Gasteiger partial charge < -0.3 is 10.1 Å². The minimum Gasteiger partial charge on any atom is -0.464 e. The lowest BCUT2D eigenvalue weighted by atomic mass is 9.87. The molecule has 1 aliphatic carbocycles. The minimum absolute atomic E-state index is 0.178. The zero-order valence-corrected chi connectivity index (χ0v) is 12.6. The van der Waals surface area contributed by atoms with Crippen molar-refractivity contribution in [1.82, 2.24) is 0 Å². The van der Waals surface area contributed by atoms with Crippen LogP contribution in [0.15, 0.2) is 30.4 Å². The molecule has 0 saturated heterocycles. The van der Waals surface area contributed by atoms with E-state index in [9.17, 15) is 9.18 Å². The van der Waals surface area contributed by atoms with Gasteiger partial charge in [-0.15, -0.1) is 0 Å². The third-order valence-corrected chi connectivity index (χ3v) is 3.69. The molecule has 21 heavy (non-hydrogen) atoms. The maximum Gasteiger partial charge on any atom is 0.328 e. The van der Waals surface area contributed by atoms with Crippen LogP contribution < -0.4 is 5.32 Å². The largest absolute Gasteiger partial charge is 0.464 e. The summed E-state index contributed by atoms with van der Waals surface area (Å²) < 4.78 is 18.7. The van der Waals surface area contributed by atoms with Crippen molar-refractivity contribution in [2.75, 3.05) is 11.9 Å². The molecule has 0 radical (unpaired) electrons. The van der Waals surface area contributed by atoms with Gasteiger partial charge >= 0.3 is 5.97 Å². The highest BCUT2D eigenvalue weighted by molar-refractivity contribution is 5.79. The molecule has 0 aromatic heterocycles. The van der Waals surface area contributed by atoms with Crippen LogP contribution in [0.4, 0.5) is 10.1 Å². The van der Waals surface area contributed by atoms with Gasteiger partial charge in [0.25, 0.3) is 0 Å². The molecular formula is C17H22FNO2. The predicted molar refractivity (Wildman–Crippen MR) is 81.7 cm³/mol. The number of allylic oxidation sites excluding steroid dienone is 2. The van der Waals surface area contributed by atoms with Crippen molar-refractivity contribution in [1.29, 1.82) is 0 Å². The molecule has 0 fully saturated rings. The van der Waals surface area contributed by atoms with E-state index in [-0.39, 0.29) is 17.7 Å². The van der Waals surface area contributed by atoms with E-state index in [1.807, 2.05) is 13.0 Å². The number of rotatable bonds is 5. The van der Waals surface area contributed by atoms with E-state index < -0.39 is 6.04 Å².